The molecule has 33 heavy (non-hydrogen) atoms. The van der Waals surface area contributed by atoms with E-state index in [1.54, 1.807) is 36.4 Å². The summed E-state index contributed by atoms with van der Waals surface area (Å²) in [5, 5.41) is 14.5. The van der Waals surface area contributed by atoms with Gasteiger partial charge >= 0.3 is 5.97 Å². The van der Waals surface area contributed by atoms with E-state index in [1.165, 1.54) is 18.2 Å². The van der Waals surface area contributed by atoms with E-state index in [1.807, 2.05) is 12.1 Å². The summed E-state index contributed by atoms with van der Waals surface area (Å²) < 4.78 is 12.3. The van der Waals surface area contributed by atoms with Crippen molar-refractivity contribution in [2.45, 2.75) is 0 Å². The van der Waals surface area contributed by atoms with Crippen LogP contribution in [-0.2, 0) is 9.59 Å². The molecule has 2 amide bonds. The van der Waals surface area contributed by atoms with Gasteiger partial charge in [0.05, 0.1) is 14.5 Å². The summed E-state index contributed by atoms with van der Waals surface area (Å²) in [4.78, 5) is 36.1. The molecule has 170 valence electrons. The molecule has 0 spiro atoms. The molecule has 3 aromatic carbocycles. The Hall–Kier alpha value is -3.37. The first-order valence-electron chi connectivity index (χ1n) is 9.54. The molecule has 3 rings (SSSR count). The summed E-state index contributed by atoms with van der Waals surface area (Å²) in [5.74, 6) is -1.23. The lowest BCUT2D eigenvalue weighted by Gasteiger charge is -2.12. The fourth-order valence-electron chi connectivity index (χ4n) is 2.70. The van der Waals surface area contributed by atoms with E-state index in [0.29, 0.717) is 20.4 Å². The highest BCUT2D eigenvalue weighted by atomic mass is 79.9. The summed E-state index contributed by atoms with van der Waals surface area (Å²) in [6.45, 7) is -0.581. The molecule has 3 aromatic rings. The standard InChI is InChI=1S/C23H18Br2N2O6/c24-17-5-1-3-7-19(17)32-12-21(28)26-15-9-14(23(30)31)10-16(11-15)27-22(29)13-33-20-8-4-2-6-18(20)25/h1-11H,12-13H2,(H,26,28)(H,27,29)(H,30,31). The minimum atomic E-state index is -1.21. The lowest BCUT2D eigenvalue weighted by Crippen LogP contribution is -2.22. The number of carboxylic acids is 1. The fourth-order valence-corrected chi connectivity index (χ4v) is 3.50. The number of para-hydroxylation sites is 2. The molecule has 0 atom stereocenters. The molecule has 3 N–H and O–H groups in total. The third kappa shape index (κ3) is 7.33. The van der Waals surface area contributed by atoms with Crippen LogP contribution in [0.4, 0.5) is 11.4 Å². The molecule has 0 saturated heterocycles. The zero-order chi connectivity index (χ0) is 23.8. The van der Waals surface area contributed by atoms with Crippen LogP contribution in [0, 0.1) is 0 Å². The van der Waals surface area contributed by atoms with Gasteiger partial charge in [0.2, 0.25) is 0 Å². The molecule has 10 heteroatoms. The van der Waals surface area contributed by atoms with Crippen LogP contribution in [-0.4, -0.2) is 36.1 Å². The average molecular weight is 578 g/mol. The maximum atomic E-state index is 12.3. The smallest absolute Gasteiger partial charge is 0.335 e. The Bertz CT molecular complexity index is 1100. The van der Waals surface area contributed by atoms with Gasteiger partial charge in [-0.05, 0) is 74.3 Å². The predicted octanol–water partition coefficient (Wildman–Crippen LogP) is 4.94. The van der Waals surface area contributed by atoms with Crippen LogP contribution >= 0.6 is 31.9 Å². The Labute approximate surface area is 206 Å². The van der Waals surface area contributed by atoms with Gasteiger partial charge < -0.3 is 25.2 Å². The molecule has 0 unspecified atom stereocenters. The highest BCUT2D eigenvalue weighted by Gasteiger charge is 2.13. The first-order valence-corrected chi connectivity index (χ1v) is 11.1. The second-order valence-corrected chi connectivity index (χ2v) is 8.35. The molecule has 0 aromatic heterocycles. The number of hydrogen-bond acceptors (Lipinski definition) is 5. The van der Waals surface area contributed by atoms with Crippen LogP contribution in [0.1, 0.15) is 10.4 Å². The monoisotopic (exact) mass is 576 g/mol. The van der Waals surface area contributed by atoms with Gasteiger partial charge in [0.1, 0.15) is 11.5 Å². The van der Waals surface area contributed by atoms with Crippen molar-refractivity contribution in [2.24, 2.45) is 0 Å². The zero-order valence-electron chi connectivity index (χ0n) is 17.0. The van der Waals surface area contributed by atoms with E-state index in [0.717, 1.165) is 0 Å². The number of aromatic carboxylic acids is 1. The lowest BCUT2D eigenvalue weighted by molar-refractivity contribution is -0.118. The Morgan fingerprint density at radius 2 is 1.15 bits per heavy atom. The lowest BCUT2D eigenvalue weighted by atomic mass is 10.1. The maximum absolute atomic E-state index is 12.3. The Balaban J connectivity index is 1.64. The molecular weight excluding hydrogens is 560 g/mol. The van der Waals surface area contributed by atoms with E-state index in [-0.39, 0.29) is 30.2 Å². The van der Waals surface area contributed by atoms with E-state index in [9.17, 15) is 19.5 Å². The molecular formula is C23H18Br2N2O6. The summed E-state index contributed by atoms with van der Waals surface area (Å²) >= 11 is 6.66. The summed E-state index contributed by atoms with van der Waals surface area (Å²) in [6, 6.07) is 18.1. The fraction of sp³-hybridized carbons (Fsp3) is 0.0870. The third-order valence-corrected chi connectivity index (χ3v) is 5.45. The van der Waals surface area contributed by atoms with E-state index >= 15 is 0 Å². The number of rotatable bonds is 9. The number of carbonyl (C=O) groups is 3. The van der Waals surface area contributed by atoms with Crippen molar-refractivity contribution < 1.29 is 29.0 Å². The average Bonchev–Trinajstić information content (AvgIpc) is 2.78. The Morgan fingerprint density at radius 3 is 1.55 bits per heavy atom. The van der Waals surface area contributed by atoms with Gasteiger partial charge in [-0.15, -0.1) is 0 Å². The van der Waals surface area contributed by atoms with Crippen molar-refractivity contribution >= 4 is 61.0 Å². The third-order valence-electron chi connectivity index (χ3n) is 4.14. The van der Waals surface area contributed by atoms with Gasteiger partial charge in [-0.1, -0.05) is 24.3 Å². The van der Waals surface area contributed by atoms with Crippen molar-refractivity contribution in [2.75, 3.05) is 23.8 Å². The van der Waals surface area contributed by atoms with Gasteiger partial charge in [0.25, 0.3) is 11.8 Å². The highest BCUT2D eigenvalue weighted by molar-refractivity contribution is 9.10. The van der Waals surface area contributed by atoms with Crippen LogP contribution in [0.5, 0.6) is 11.5 Å². The van der Waals surface area contributed by atoms with E-state index < -0.39 is 17.8 Å². The normalized spacial score (nSPS) is 10.2. The molecule has 0 bridgehead atoms. The van der Waals surface area contributed by atoms with Gasteiger partial charge in [0.15, 0.2) is 13.2 Å². The maximum Gasteiger partial charge on any atom is 0.335 e. The molecule has 0 aliphatic rings. The second-order valence-electron chi connectivity index (χ2n) is 6.64. The molecule has 0 aliphatic carbocycles. The molecule has 0 aliphatic heterocycles. The minimum Gasteiger partial charge on any atom is -0.483 e. The van der Waals surface area contributed by atoms with Crippen LogP contribution in [0.3, 0.4) is 0 Å². The number of halogens is 2. The molecule has 0 saturated carbocycles. The largest absolute Gasteiger partial charge is 0.483 e. The van der Waals surface area contributed by atoms with Crippen LogP contribution < -0.4 is 20.1 Å². The summed E-state index contributed by atoms with van der Waals surface area (Å²) in [7, 11) is 0. The molecule has 0 heterocycles. The Kier molecular flexibility index (Phi) is 8.45. The number of carbonyl (C=O) groups excluding carboxylic acids is 2. The second kappa shape index (κ2) is 11.5. The number of hydrogen-bond donors (Lipinski definition) is 3. The molecule has 0 radical (unpaired) electrons. The number of benzene rings is 3. The van der Waals surface area contributed by atoms with Crippen LogP contribution in [0.15, 0.2) is 75.7 Å². The highest BCUT2D eigenvalue weighted by Crippen LogP contribution is 2.25. The number of carboxylic acid groups (broad SMARTS) is 1. The summed E-state index contributed by atoms with van der Waals surface area (Å²) in [5.41, 5.74) is 0.275. The minimum absolute atomic E-state index is 0.110. The van der Waals surface area contributed by atoms with Crippen molar-refractivity contribution in [3.05, 3.63) is 81.2 Å². The predicted molar refractivity (Wildman–Crippen MR) is 130 cm³/mol. The van der Waals surface area contributed by atoms with E-state index in [4.69, 9.17) is 9.47 Å². The van der Waals surface area contributed by atoms with Crippen molar-refractivity contribution in [3.8, 4) is 11.5 Å². The first-order chi connectivity index (χ1) is 15.8. The SMILES string of the molecule is O=C(COc1ccccc1Br)Nc1cc(NC(=O)COc2ccccc2Br)cc(C(=O)O)c1. The summed E-state index contributed by atoms with van der Waals surface area (Å²) in [6.07, 6.45) is 0. The number of anilines is 2. The zero-order valence-corrected chi connectivity index (χ0v) is 20.2. The van der Waals surface area contributed by atoms with Gasteiger partial charge in [-0.3, -0.25) is 9.59 Å². The number of nitrogens with one attached hydrogen (secondary N) is 2. The van der Waals surface area contributed by atoms with Crippen molar-refractivity contribution in [3.63, 3.8) is 0 Å². The number of ether oxygens (including phenoxy) is 2. The number of amides is 2. The van der Waals surface area contributed by atoms with Crippen LogP contribution in [0.2, 0.25) is 0 Å². The van der Waals surface area contributed by atoms with Crippen molar-refractivity contribution in [1.82, 2.24) is 0 Å². The van der Waals surface area contributed by atoms with E-state index in [2.05, 4.69) is 42.5 Å². The van der Waals surface area contributed by atoms with Gasteiger partial charge in [-0.25, -0.2) is 4.79 Å². The molecule has 8 nitrogen and oxygen atoms in total. The van der Waals surface area contributed by atoms with Crippen molar-refractivity contribution in [1.29, 1.82) is 0 Å². The topological polar surface area (TPSA) is 114 Å². The Morgan fingerprint density at radius 1 is 0.727 bits per heavy atom. The van der Waals surface area contributed by atoms with Crippen LogP contribution in [0.25, 0.3) is 0 Å². The first kappa shape index (κ1) is 24.3. The quantitative estimate of drug-likeness (QED) is 0.332. The van der Waals surface area contributed by atoms with Gasteiger partial charge in [-0.2, -0.15) is 0 Å². The van der Waals surface area contributed by atoms with Gasteiger partial charge in [0, 0.05) is 11.4 Å². The molecule has 0 fully saturated rings.